The van der Waals surface area contributed by atoms with Gasteiger partial charge in [0.15, 0.2) is 0 Å². The molecule has 4 heteroatoms. The van der Waals surface area contributed by atoms with E-state index in [0.29, 0.717) is 22.6 Å². The maximum absolute atomic E-state index is 9.71. The standard InChI is InChI=1S/C11H16ClNOS/c1-7(4-12)15-6-10-5-13-9(3)11(14)8(10)2/h5,7,14H,4,6H2,1-3H3. The van der Waals surface area contributed by atoms with Crippen LogP contribution in [0, 0.1) is 13.8 Å². The molecule has 84 valence electrons. The summed E-state index contributed by atoms with van der Waals surface area (Å²) in [6.45, 7) is 5.82. The van der Waals surface area contributed by atoms with Crippen LogP contribution in [0.15, 0.2) is 6.20 Å². The van der Waals surface area contributed by atoms with Gasteiger partial charge < -0.3 is 5.11 Å². The lowest BCUT2D eigenvalue weighted by Gasteiger charge is -2.11. The van der Waals surface area contributed by atoms with E-state index in [2.05, 4.69) is 11.9 Å². The fraction of sp³-hybridized carbons (Fsp3) is 0.545. The van der Waals surface area contributed by atoms with Crippen molar-refractivity contribution in [2.75, 3.05) is 5.88 Å². The minimum atomic E-state index is 0.312. The summed E-state index contributed by atoms with van der Waals surface area (Å²) in [6.07, 6.45) is 1.83. The van der Waals surface area contributed by atoms with E-state index in [1.165, 1.54) is 0 Å². The van der Waals surface area contributed by atoms with Crippen LogP contribution >= 0.6 is 23.4 Å². The Hall–Kier alpha value is -0.410. The molecule has 0 fully saturated rings. The minimum Gasteiger partial charge on any atom is -0.506 e. The molecule has 1 unspecified atom stereocenters. The molecule has 1 rings (SSSR count). The quantitative estimate of drug-likeness (QED) is 0.827. The fourth-order valence-corrected chi connectivity index (χ4v) is 2.29. The molecule has 1 atom stereocenters. The SMILES string of the molecule is Cc1ncc(CSC(C)CCl)c(C)c1O. The Balaban J connectivity index is 2.74. The van der Waals surface area contributed by atoms with Gasteiger partial charge in [-0.05, 0) is 25.0 Å². The molecule has 0 aliphatic heterocycles. The number of hydrogen-bond acceptors (Lipinski definition) is 3. The van der Waals surface area contributed by atoms with Crippen LogP contribution in [0.3, 0.4) is 0 Å². The van der Waals surface area contributed by atoms with Gasteiger partial charge in [0.05, 0.1) is 5.69 Å². The molecule has 0 aromatic carbocycles. The van der Waals surface area contributed by atoms with Crippen molar-refractivity contribution >= 4 is 23.4 Å². The molecule has 0 spiro atoms. The van der Waals surface area contributed by atoms with E-state index >= 15 is 0 Å². The third kappa shape index (κ3) is 3.28. The number of hydrogen-bond donors (Lipinski definition) is 1. The van der Waals surface area contributed by atoms with Crippen molar-refractivity contribution in [2.24, 2.45) is 0 Å². The van der Waals surface area contributed by atoms with Gasteiger partial charge in [-0.3, -0.25) is 4.98 Å². The van der Waals surface area contributed by atoms with Crippen LogP contribution in [0.5, 0.6) is 5.75 Å². The Bertz CT molecular complexity index is 344. The van der Waals surface area contributed by atoms with Gasteiger partial charge in [0.25, 0.3) is 0 Å². The van der Waals surface area contributed by atoms with Crippen molar-refractivity contribution in [1.29, 1.82) is 0 Å². The van der Waals surface area contributed by atoms with Crippen LogP contribution in [0.4, 0.5) is 0 Å². The first kappa shape index (κ1) is 12.7. The number of thioether (sulfide) groups is 1. The zero-order chi connectivity index (χ0) is 11.4. The Morgan fingerprint density at radius 3 is 2.80 bits per heavy atom. The molecule has 0 amide bonds. The van der Waals surface area contributed by atoms with Crippen molar-refractivity contribution in [2.45, 2.75) is 31.8 Å². The molecule has 1 heterocycles. The molecule has 0 aliphatic rings. The second kappa shape index (κ2) is 5.61. The number of aromatic nitrogens is 1. The average Bonchev–Trinajstić information content (AvgIpc) is 2.24. The molecule has 0 saturated carbocycles. The molecular weight excluding hydrogens is 230 g/mol. The molecule has 0 saturated heterocycles. The molecule has 0 aliphatic carbocycles. The topological polar surface area (TPSA) is 33.1 Å². The molecule has 1 N–H and O–H groups in total. The maximum Gasteiger partial charge on any atom is 0.139 e. The largest absolute Gasteiger partial charge is 0.506 e. The van der Waals surface area contributed by atoms with Crippen molar-refractivity contribution in [3.05, 3.63) is 23.0 Å². The highest BCUT2D eigenvalue weighted by Gasteiger charge is 2.08. The van der Waals surface area contributed by atoms with Crippen molar-refractivity contribution in [3.8, 4) is 5.75 Å². The first-order valence-corrected chi connectivity index (χ1v) is 6.46. The number of nitrogens with zero attached hydrogens (tertiary/aromatic N) is 1. The summed E-state index contributed by atoms with van der Waals surface area (Å²) in [5, 5.41) is 10.1. The summed E-state index contributed by atoms with van der Waals surface area (Å²) < 4.78 is 0. The molecule has 0 radical (unpaired) electrons. The molecule has 15 heavy (non-hydrogen) atoms. The highest BCUT2D eigenvalue weighted by atomic mass is 35.5. The first-order chi connectivity index (χ1) is 7.06. The van der Waals surface area contributed by atoms with Crippen LogP contribution in [0.1, 0.15) is 23.7 Å². The summed E-state index contributed by atoms with van der Waals surface area (Å²) in [5.41, 5.74) is 2.70. The molecule has 1 aromatic rings. The second-order valence-electron chi connectivity index (χ2n) is 3.62. The van der Waals surface area contributed by atoms with E-state index in [1.807, 2.05) is 13.1 Å². The predicted octanol–water partition coefficient (Wildman–Crippen LogP) is 3.26. The fourth-order valence-electron chi connectivity index (χ4n) is 1.18. The molecule has 1 aromatic heterocycles. The second-order valence-corrected chi connectivity index (χ2v) is 5.35. The van der Waals surface area contributed by atoms with Crippen molar-refractivity contribution in [3.63, 3.8) is 0 Å². The minimum absolute atomic E-state index is 0.312. The van der Waals surface area contributed by atoms with Crippen LogP contribution < -0.4 is 0 Å². The smallest absolute Gasteiger partial charge is 0.139 e. The maximum atomic E-state index is 9.71. The third-order valence-electron chi connectivity index (χ3n) is 2.33. The van der Waals surface area contributed by atoms with Crippen LogP contribution in [-0.4, -0.2) is 21.2 Å². The van der Waals surface area contributed by atoms with E-state index in [-0.39, 0.29) is 0 Å². The van der Waals surface area contributed by atoms with Gasteiger partial charge in [0.2, 0.25) is 0 Å². The highest BCUT2D eigenvalue weighted by Crippen LogP contribution is 2.26. The van der Waals surface area contributed by atoms with E-state index in [9.17, 15) is 5.11 Å². The van der Waals surface area contributed by atoms with Crippen LogP contribution in [0.2, 0.25) is 0 Å². The number of aromatic hydroxyl groups is 1. The van der Waals surface area contributed by atoms with Gasteiger partial charge >= 0.3 is 0 Å². The predicted molar refractivity (Wildman–Crippen MR) is 66.9 cm³/mol. The normalized spacial score (nSPS) is 12.8. The van der Waals surface area contributed by atoms with Gasteiger partial charge in [-0.15, -0.1) is 11.6 Å². The summed E-state index contributed by atoms with van der Waals surface area (Å²) >= 11 is 7.50. The number of halogens is 1. The van der Waals surface area contributed by atoms with E-state index in [4.69, 9.17) is 11.6 Å². The lowest BCUT2D eigenvalue weighted by Crippen LogP contribution is -1.99. The van der Waals surface area contributed by atoms with Gasteiger partial charge in [-0.2, -0.15) is 11.8 Å². The van der Waals surface area contributed by atoms with Crippen LogP contribution in [-0.2, 0) is 5.75 Å². The number of aryl methyl sites for hydroxylation is 1. The Morgan fingerprint density at radius 2 is 2.20 bits per heavy atom. The summed E-state index contributed by atoms with van der Waals surface area (Å²) in [4.78, 5) is 4.15. The van der Waals surface area contributed by atoms with E-state index in [0.717, 1.165) is 16.9 Å². The number of pyridine rings is 1. The molecular formula is C11H16ClNOS. The molecule has 0 bridgehead atoms. The van der Waals surface area contributed by atoms with Crippen LogP contribution in [0.25, 0.3) is 0 Å². The third-order valence-corrected chi connectivity index (χ3v) is 4.19. The summed E-state index contributed by atoms with van der Waals surface area (Å²) in [5.74, 6) is 1.81. The lowest BCUT2D eigenvalue weighted by atomic mass is 10.1. The van der Waals surface area contributed by atoms with Gasteiger partial charge in [0, 0.05) is 23.1 Å². The average molecular weight is 246 g/mol. The number of alkyl halides is 1. The Labute approximate surface area is 100 Å². The summed E-state index contributed by atoms with van der Waals surface area (Å²) in [7, 11) is 0. The lowest BCUT2D eigenvalue weighted by molar-refractivity contribution is 0.462. The Morgan fingerprint density at radius 1 is 1.53 bits per heavy atom. The Kier molecular flexibility index (Phi) is 4.74. The van der Waals surface area contributed by atoms with Crippen molar-refractivity contribution < 1.29 is 5.11 Å². The number of rotatable bonds is 4. The first-order valence-electron chi connectivity index (χ1n) is 4.87. The summed E-state index contributed by atoms with van der Waals surface area (Å²) in [6, 6.07) is 0. The monoisotopic (exact) mass is 245 g/mol. The van der Waals surface area contributed by atoms with Gasteiger partial charge in [-0.1, -0.05) is 6.92 Å². The zero-order valence-electron chi connectivity index (χ0n) is 9.25. The van der Waals surface area contributed by atoms with Crippen molar-refractivity contribution in [1.82, 2.24) is 4.98 Å². The van der Waals surface area contributed by atoms with Gasteiger partial charge in [-0.25, -0.2) is 0 Å². The van der Waals surface area contributed by atoms with E-state index < -0.39 is 0 Å². The van der Waals surface area contributed by atoms with Gasteiger partial charge in [0.1, 0.15) is 5.75 Å². The zero-order valence-corrected chi connectivity index (χ0v) is 10.8. The highest BCUT2D eigenvalue weighted by molar-refractivity contribution is 7.99. The molecule has 2 nitrogen and oxygen atoms in total. The van der Waals surface area contributed by atoms with E-state index in [1.54, 1.807) is 18.7 Å².